The van der Waals surface area contributed by atoms with E-state index in [1.54, 1.807) is 0 Å². The van der Waals surface area contributed by atoms with E-state index in [1.807, 2.05) is 0 Å². The third-order valence-electron chi connectivity index (χ3n) is 1.51. The Hall–Kier alpha value is -0.0800. The molecule has 1 unspecified atom stereocenters. The van der Waals surface area contributed by atoms with E-state index in [4.69, 9.17) is 5.73 Å². The highest BCUT2D eigenvalue weighted by Gasteiger charge is 1.91. The monoisotopic (exact) mass is 147 g/mol. The van der Waals surface area contributed by atoms with Gasteiger partial charge in [0.2, 0.25) is 0 Å². The van der Waals surface area contributed by atoms with E-state index in [1.165, 1.54) is 32.1 Å². The predicted octanol–water partition coefficient (Wildman–Crippen LogP) is 1.48. The van der Waals surface area contributed by atoms with E-state index in [0.717, 1.165) is 0 Å². The first-order chi connectivity index (χ1) is 4.27. The molecule has 2 nitrogen and oxygen atoms in total. The fourth-order valence-corrected chi connectivity index (χ4v) is 0.893. The van der Waals surface area contributed by atoms with Crippen molar-refractivity contribution >= 4 is 0 Å². The summed E-state index contributed by atoms with van der Waals surface area (Å²) < 4.78 is 0. The molecular formula is C8H21NO. The summed E-state index contributed by atoms with van der Waals surface area (Å²) in [5.74, 6) is 0. The van der Waals surface area contributed by atoms with Gasteiger partial charge in [-0.2, -0.15) is 0 Å². The molecule has 0 radical (unpaired) electrons. The van der Waals surface area contributed by atoms with Crippen LogP contribution in [0.5, 0.6) is 0 Å². The largest absolute Gasteiger partial charge is 0.412 e. The van der Waals surface area contributed by atoms with Crippen molar-refractivity contribution < 1.29 is 5.48 Å². The van der Waals surface area contributed by atoms with E-state index < -0.39 is 0 Å². The highest BCUT2D eigenvalue weighted by Crippen LogP contribution is 2.03. The minimum atomic E-state index is 0. The van der Waals surface area contributed by atoms with Crippen molar-refractivity contribution in [2.24, 2.45) is 5.73 Å². The standard InChI is InChI=1S/C8H19N.H2O/c1-3-4-5-6-7-8(2)9;/h8H,3-7,9H2,1-2H3;1H2. The Balaban J connectivity index is 0. The first-order valence-corrected chi connectivity index (χ1v) is 4.03. The highest BCUT2D eigenvalue weighted by molar-refractivity contribution is 4.52. The van der Waals surface area contributed by atoms with Gasteiger partial charge in [-0.25, -0.2) is 0 Å². The second-order valence-corrected chi connectivity index (χ2v) is 2.83. The van der Waals surface area contributed by atoms with Gasteiger partial charge in [-0.05, 0) is 13.3 Å². The van der Waals surface area contributed by atoms with Crippen molar-refractivity contribution in [1.29, 1.82) is 0 Å². The smallest absolute Gasteiger partial charge is 0.00104 e. The zero-order valence-electron chi connectivity index (χ0n) is 7.19. The zero-order valence-corrected chi connectivity index (χ0v) is 7.19. The highest BCUT2D eigenvalue weighted by atomic mass is 16.0. The molecule has 0 saturated heterocycles. The van der Waals surface area contributed by atoms with Crippen LogP contribution in [0.4, 0.5) is 0 Å². The summed E-state index contributed by atoms with van der Waals surface area (Å²) in [7, 11) is 0. The first-order valence-electron chi connectivity index (χ1n) is 4.03. The van der Waals surface area contributed by atoms with Crippen molar-refractivity contribution in [1.82, 2.24) is 0 Å². The molecule has 0 aliphatic heterocycles. The second kappa shape index (κ2) is 8.92. The summed E-state index contributed by atoms with van der Waals surface area (Å²) in [6, 6.07) is 0.404. The minimum Gasteiger partial charge on any atom is -0.412 e. The number of nitrogens with two attached hydrogens (primary N) is 1. The lowest BCUT2D eigenvalue weighted by molar-refractivity contribution is 0.575. The number of unbranched alkanes of at least 4 members (excludes halogenated alkanes) is 3. The van der Waals surface area contributed by atoms with Gasteiger partial charge in [0.1, 0.15) is 0 Å². The van der Waals surface area contributed by atoms with Crippen molar-refractivity contribution in [3.63, 3.8) is 0 Å². The van der Waals surface area contributed by atoms with Crippen molar-refractivity contribution in [2.45, 2.75) is 52.0 Å². The maximum Gasteiger partial charge on any atom is 0.00104 e. The Bertz CT molecular complexity index is 55.2. The normalized spacial score (nSPS) is 12.3. The maximum atomic E-state index is 5.57. The third-order valence-corrected chi connectivity index (χ3v) is 1.51. The minimum absolute atomic E-state index is 0. The van der Waals surface area contributed by atoms with E-state index >= 15 is 0 Å². The second-order valence-electron chi connectivity index (χ2n) is 2.83. The average molecular weight is 147 g/mol. The molecule has 0 amide bonds. The molecular weight excluding hydrogens is 126 g/mol. The molecule has 0 fully saturated rings. The Morgan fingerprint density at radius 2 is 1.80 bits per heavy atom. The van der Waals surface area contributed by atoms with Crippen molar-refractivity contribution in [2.75, 3.05) is 0 Å². The van der Waals surface area contributed by atoms with Gasteiger partial charge in [0.05, 0.1) is 0 Å². The summed E-state index contributed by atoms with van der Waals surface area (Å²) in [6.07, 6.45) is 6.55. The van der Waals surface area contributed by atoms with Crippen LogP contribution in [0.1, 0.15) is 46.0 Å². The van der Waals surface area contributed by atoms with E-state index in [0.29, 0.717) is 6.04 Å². The molecule has 2 heteroatoms. The van der Waals surface area contributed by atoms with Crippen LogP contribution in [0.15, 0.2) is 0 Å². The quantitative estimate of drug-likeness (QED) is 0.588. The summed E-state index contributed by atoms with van der Waals surface area (Å²) in [4.78, 5) is 0. The van der Waals surface area contributed by atoms with Crippen molar-refractivity contribution in [3.05, 3.63) is 0 Å². The lowest BCUT2D eigenvalue weighted by Crippen LogP contribution is -2.13. The molecule has 1 atom stereocenters. The molecule has 0 aromatic rings. The van der Waals surface area contributed by atoms with Gasteiger partial charge in [-0.1, -0.05) is 32.6 Å². The van der Waals surface area contributed by atoms with E-state index in [2.05, 4.69) is 13.8 Å². The van der Waals surface area contributed by atoms with E-state index in [-0.39, 0.29) is 5.48 Å². The zero-order chi connectivity index (χ0) is 7.11. The Morgan fingerprint density at radius 1 is 1.20 bits per heavy atom. The lowest BCUT2D eigenvalue weighted by atomic mass is 10.1. The molecule has 0 aliphatic carbocycles. The van der Waals surface area contributed by atoms with Crippen LogP contribution >= 0.6 is 0 Å². The molecule has 0 saturated carbocycles. The molecule has 10 heavy (non-hydrogen) atoms. The Morgan fingerprint density at radius 3 is 2.20 bits per heavy atom. The van der Waals surface area contributed by atoms with Gasteiger partial charge in [0.25, 0.3) is 0 Å². The SMILES string of the molecule is CCCCCCC(C)N.O. The number of hydrogen-bond donors (Lipinski definition) is 1. The first kappa shape index (κ1) is 12.6. The van der Waals surface area contributed by atoms with Crippen LogP contribution in [-0.4, -0.2) is 11.5 Å². The van der Waals surface area contributed by atoms with Gasteiger partial charge >= 0.3 is 0 Å². The molecule has 4 N–H and O–H groups in total. The molecule has 0 aromatic carbocycles. The summed E-state index contributed by atoms with van der Waals surface area (Å²) >= 11 is 0. The van der Waals surface area contributed by atoms with Gasteiger partial charge in [0.15, 0.2) is 0 Å². The fourth-order valence-electron chi connectivity index (χ4n) is 0.893. The van der Waals surface area contributed by atoms with Crippen LogP contribution in [0, 0.1) is 0 Å². The fraction of sp³-hybridized carbons (Fsp3) is 1.00. The number of hydrogen-bond acceptors (Lipinski definition) is 1. The summed E-state index contributed by atoms with van der Waals surface area (Å²) in [5, 5.41) is 0. The molecule has 0 aromatic heterocycles. The molecule has 0 rings (SSSR count). The van der Waals surface area contributed by atoms with Gasteiger partial charge < -0.3 is 11.2 Å². The van der Waals surface area contributed by atoms with Crippen molar-refractivity contribution in [3.8, 4) is 0 Å². The number of rotatable bonds is 5. The molecule has 0 heterocycles. The van der Waals surface area contributed by atoms with Crippen LogP contribution in [0.3, 0.4) is 0 Å². The average Bonchev–Trinajstić information content (AvgIpc) is 1.80. The van der Waals surface area contributed by atoms with Gasteiger partial charge in [-0.3, -0.25) is 0 Å². The van der Waals surface area contributed by atoms with Crippen LogP contribution in [0.2, 0.25) is 0 Å². The predicted molar refractivity (Wildman–Crippen MR) is 46.0 cm³/mol. The lowest BCUT2D eigenvalue weighted by Gasteiger charge is -2.02. The van der Waals surface area contributed by atoms with Gasteiger partial charge in [-0.15, -0.1) is 0 Å². The molecule has 0 spiro atoms. The van der Waals surface area contributed by atoms with Crippen LogP contribution in [-0.2, 0) is 0 Å². The Kier molecular flexibility index (Phi) is 11.2. The summed E-state index contributed by atoms with van der Waals surface area (Å²) in [5.41, 5.74) is 5.57. The molecule has 0 bridgehead atoms. The van der Waals surface area contributed by atoms with E-state index in [9.17, 15) is 0 Å². The maximum absolute atomic E-state index is 5.57. The van der Waals surface area contributed by atoms with Gasteiger partial charge in [0, 0.05) is 6.04 Å². The third kappa shape index (κ3) is 10.8. The summed E-state index contributed by atoms with van der Waals surface area (Å²) in [6.45, 7) is 4.30. The van der Waals surface area contributed by atoms with Crippen LogP contribution in [0.25, 0.3) is 0 Å². The molecule has 64 valence electrons. The topological polar surface area (TPSA) is 57.5 Å². The molecule has 0 aliphatic rings. The Labute approximate surface area is 64.1 Å². The van der Waals surface area contributed by atoms with Crippen LogP contribution < -0.4 is 5.73 Å².